The molecule has 3 nitrogen and oxygen atoms in total. The van der Waals surface area contributed by atoms with Crippen molar-refractivity contribution in [3.63, 3.8) is 0 Å². The van der Waals surface area contributed by atoms with Gasteiger partial charge in [-0.3, -0.25) is 10.9 Å². The molecule has 0 unspecified atom stereocenters. The average molecular weight is 213 g/mol. The Balaban J connectivity index is 1.95. The Hall–Kier alpha value is -0.120. The van der Waals surface area contributed by atoms with Gasteiger partial charge in [0, 0.05) is 19.1 Å². The van der Waals surface area contributed by atoms with E-state index in [1.807, 2.05) is 0 Å². The zero-order chi connectivity index (χ0) is 10.9. The Bertz CT molecular complexity index is 140. The van der Waals surface area contributed by atoms with Crippen molar-refractivity contribution in [3.05, 3.63) is 0 Å². The second kappa shape index (κ2) is 8.08. The summed E-state index contributed by atoms with van der Waals surface area (Å²) in [7, 11) is 0. The van der Waals surface area contributed by atoms with Crippen LogP contribution in [0.4, 0.5) is 0 Å². The number of nitrogens with zero attached hydrogens (tertiary/aromatic N) is 1. The third-order valence-corrected chi connectivity index (χ3v) is 3.36. The first kappa shape index (κ1) is 12.9. The lowest BCUT2D eigenvalue weighted by Gasteiger charge is -2.24. The predicted octanol–water partition coefficient (Wildman–Crippen LogP) is 1.76. The monoisotopic (exact) mass is 213 g/mol. The maximum absolute atomic E-state index is 3.45. The highest BCUT2D eigenvalue weighted by molar-refractivity contribution is 4.69. The second-order valence-electron chi connectivity index (χ2n) is 4.43. The number of hydrogen-bond acceptors (Lipinski definition) is 3. The van der Waals surface area contributed by atoms with Crippen LogP contribution in [0.2, 0.25) is 0 Å². The minimum Gasteiger partial charge on any atom is -0.303 e. The molecule has 0 aromatic carbocycles. The topological polar surface area (TPSA) is 27.3 Å². The fourth-order valence-corrected chi connectivity index (χ4v) is 2.22. The lowest BCUT2D eigenvalue weighted by Crippen LogP contribution is -2.45. The third-order valence-electron chi connectivity index (χ3n) is 3.36. The van der Waals surface area contributed by atoms with Crippen molar-refractivity contribution in [2.45, 2.75) is 52.0 Å². The van der Waals surface area contributed by atoms with Gasteiger partial charge in [0.2, 0.25) is 0 Å². The summed E-state index contributed by atoms with van der Waals surface area (Å²) < 4.78 is 0. The van der Waals surface area contributed by atoms with E-state index in [4.69, 9.17) is 0 Å². The molecule has 2 N–H and O–H groups in total. The van der Waals surface area contributed by atoms with E-state index in [0.717, 1.165) is 32.2 Å². The highest BCUT2D eigenvalue weighted by Crippen LogP contribution is 2.16. The molecular weight excluding hydrogens is 186 g/mol. The van der Waals surface area contributed by atoms with Gasteiger partial charge < -0.3 is 4.90 Å². The first-order chi connectivity index (χ1) is 7.36. The molecule has 0 bridgehead atoms. The standard InChI is InChI=1S/C12H27N3/c1-3-15(4-2)11-10-13-14-12-8-6-5-7-9-12/h12-14H,3-11H2,1-2H3. The molecule has 1 fully saturated rings. The van der Waals surface area contributed by atoms with Crippen LogP contribution in [-0.4, -0.2) is 37.1 Å². The van der Waals surface area contributed by atoms with E-state index in [1.165, 1.54) is 32.1 Å². The van der Waals surface area contributed by atoms with Crippen molar-refractivity contribution in [2.24, 2.45) is 0 Å². The highest BCUT2D eigenvalue weighted by Gasteiger charge is 2.11. The molecule has 1 aliphatic rings. The first-order valence-electron chi connectivity index (χ1n) is 6.57. The van der Waals surface area contributed by atoms with Gasteiger partial charge in [0.1, 0.15) is 0 Å². The van der Waals surface area contributed by atoms with Gasteiger partial charge >= 0.3 is 0 Å². The lowest BCUT2D eigenvalue weighted by atomic mass is 9.96. The molecular formula is C12H27N3. The summed E-state index contributed by atoms with van der Waals surface area (Å²) in [6, 6.07) is 0.718. The second-order valence-corrected chi connectivity index (χ2v) is 4.43. The summed E-state index contributed by atoms with van der Waals surface area (Å²) in [5, 5.41) is 0. The Morgan fingerprint density at radius 2 is 1.73 bits per heavy atom. The van der Waals surface area contributed by atoms with E-state index in [0.29, 0.717) is 0 Å². The summed E-state index contributed by atoms with van der Waals surface area (Å²) in [6.07, 6.45) is 6.92. The fraction of sp³-hybridized carbons (Fsp3) is 1.00. The Morgan fingerprint density at radius 3 is 2.33 bits per heavy atom. The van der Waals surface area contributed by atoms with Crippen LogP contribution in [-0.2, 0) is 0 Å². The summed E-state index contributed by atoms with van der Waals surface area (Å²) in [5.41, 5.74) is 6.81. The minimum absolute atomic E-state index is 0.718. The average Bonchev–Trinajstić information content (AvgIpc) is 2.31. The molecule has 1 saturated carbocycles. The molecule has 3 heteroatoms. The van der Waals surface area contributed by atoms with Gasteiger partial charge in [0.25, 0.3) is 0 Å². The van der Waals surface area contributed by atoms with Gasteiger partial charge in [0.05, 0.1) is 0 Å². The molecule has 0 saturated heterocycles. The molecule has 0 aromatic rings. The van der Waals surface area contributed by atoms with Gasteiger partial charge in [-0.15, -0.1) is 0 Å². The van der Waals surface area contributed by atoms with Gasteiger partial charge in [-0.2, -0.15) is 0 Å². The normalized spacial score (nSPS) is 18.6. The fourth-order valence-electron chi connectivity index (χ4n) is 2.22. The smallest absolute Gasteiger partial charge is 0.0228 e. The predicted molar refractivity (Wildman–Crippen MR) is 65.8 cm³/mol. The van der Waals surface area contributed by atoms with Crippen LogP contribution >= 0.6 is 0 Å². The number of nitrogens with one attached hydrogen (secondary N) is 2. The molecule has 15 heavy (non-hydrogen) atoms. The maximum atomic E-state index is 3.45. The Morgan fingerprint density at radius 1 is 1.07 bits per heavy atom. The quantitative estimate of drug-likeness (QED) is 0.498. The van der Waals surface area contributed by atoms with Crippen LogP contribution in [0.5, 0.6) is 0 Å². The summed E-state index contributed by atoms with van der Waals surface area (Å²) in [6.45, 7) is 8.95. The maximum Gasteiger partial charge on any atom is 0.0228 e. The number of likely N-dealkylation sites (N-methyl/N-ethyl adjacent to an activating group) is 1. The van der Waals surface area contributed by atoms with Crippen molar-refractivity contribution in [1.82, 2.24) is 15.8 Å². The molecule has 0 heterocycles. The van der Waals surface area contributed by atoms with Crippen molar-refractivity contribution in [3.8, 4) is 0 Å². The Labute approximate surface area is 94.6 Å². The first-order valence-corrected chi connectivity index (χ1v) is 6.57. The zero-order valence-corrected chi connectivity index (χ0v) is 10.4. The molecule has 1 rings (SSSR count). The van der Waals surface area contributed by atoms with Crippen molar-refractivity contribution in [1.29, 1.82) is 0 Å². The molecule has 0 radical (unpaired) electrons. The van der Waals surface area contributed by atoms with E-state index in [1.54, 1.807) is 0 Å². The lowest BCUT2D eigenvalue weighted by molar-refractivity contribution is 0.277. The number of rotatable bonds is 7. The molecule has 0 aromatic heterocycles. The number of hydrogen-bond donors (Lipinski definition) is 2. The summed E-state index contributed by atoms with van der Waals surface area (Å²) in [4.78, 5) is 2.44. The van der Waals surface area contributed by atoms with Gasteiger partial charge in [-0.1, -0.05) is 33.1 Å². The van der Waals surface area contributed by atoms with E-state index in [-0.39, 0.29) is 0 Å². The molecule has 0 aliphatic heterocycles. The van der Waals surface area contributed by atoms with Crippen LogP contribution in [0.15, 0.2) is 0 Å². The number of hydrazine groups is 1. The van der Waals surface area contributed by atoms with E-state index in [2.05, 4.69) is 29.6 Å². The third kappa shape index (κ3) is 5.50. The highest BCUT2D eigenvalue weighted by atomic mass is 15.4. The molecule has 0 spiro atoms. The van der Waals surface area contributed by atoms with Crippen molar-refractivity contribution >= 4 is 0 Å². The van der Waals surface area contributed by atoms with Crippen molar-refractivity contribution in [2.75, 3.05) is 26.2 Å². The van der Waals surface area contributed by atoms with E-state index >= 15 is 0 Å². The summed E-state index contributed by atoms with van der Waals surface area (Å²) >= 11 is 0. The molecule has 1 aliphatic carbocycles. The molecule has 0 amide bonds. The SMILES string of the molecule is CCN(CC)CCNNC1CCCCC1. The van der Waals surface area contributed by atoms with E-state index < -0.39 is 0 Å². The van der Waals surface area contributed by atoms with Crippen molar-refractivity contribution < 1.29 is 0 Å². The summed E-state index contributed by atoms with van der Waals surface area (Å²) in [5.74, 6) is 0. The Kier molecular flexibility index (Phi) is 6.98. The van der Waals surface area contributed by atoms with Crippen LogP contribution in [0.1, 0.15) is 46.0 Å². The van der Waals surface area contributed by atoms with Crippen LogP contribution < -0.4 is 10.9 Å². The zero-order valence-electron chi connectivity index (χ0n) is 10.4. The minimum atomic E-state index is 0.718. The molecule has 0 atom stereocenters. The molecule has 90 valence electrons. The largest absolute Gasteiger partial charge is 0.303 e. The van der Waals surface area contributed by atoms with Gasteiger partial charge in [-0.25, -0.2) is 0 Å². The van der Waals surface area contributed by atoms with Crippen LogP contribution in [0.25, 0.3) is 0 Å². The van der Waals surface area contributed by atoms with Crippen LogP contribution in [0, 0.1) is 0 Å². The van der Waals surface area contributed by atoms with Crippen LogP contribution in [0.3, 0.4) is 0 Å². The van der Waals surface area contributed by atoms with Gasteiger partial charge in [-0.05, 0) is 25.9 Å². The van der Waals surface area contributed by atoms with E-state index in [9.17, 15) is 0 Å². The van der Waals surface area contributed by atoms with Gasteiger partial charge in [0.15, 0.2) is 0 Å².